The minimum Gasteiger partial charge on any atom is -0.341 e. The number of alkyl halides is 3. The number of nitrogens with one attached hydrogen (secondary N) is 2. The standard InChI is InChI=1S/C29H35F3N6O/c1-38(28-33-14-13-26(35-28)34-27-18-25(36-37-27)21-6-2-3-7-21)23-11-9-19(10-12-23)16-24(39)17-20-5-4-8-22(15-20)29(30,31)32/h4-5,8,13-15,18-19,21,23H,2-3,6-7,9-12,16-17H2,1H3,(H2,33,34,35,36,37). The van der Waals surface area contributed by atoms with Crippen LogP contribution in [-0.4, -0.2) is 39.0 Å². The number of carbonyl (C=O) groups excluding carboxylic acids is 1. The average Bonchev–Trinajstić information content (AvgIpc) is 3.61. The van der Waals surface area contributed by atoms with Crippen molar-refractivity contribution in [2.45, 2.75) is 82.3 Å². The molecule has 0 amide bonds. The fraction of sp³-hybridized carbons (Fsp3) is 0.517. The van der Waals surface area contributed by atoms with E-state index in [4.69, 9.17) is 4.98 Å². The summed E-state index contributed by atoms with van der Waals surface area (Å²) < 4.78 is 38.9. The van der Waals surface area contributed by atoms with Gasteiger partial charge in [-0.25, -0.2) is 4.98 Å². The molecule has 2 aliphatic rings. The summed E-state index contributed by atoms with van der Waals surface area (Å²) in [6, 6.07) is 9.21. The highest BCUT2D eigenvalue weighted by atomic mass is 19.4. The monoisotopic (exact) mass is 540 g/mol. The van der Waals surface area contributed by atoms with Crippen LogP contribution < -0.4 is 10.2 Å². The van der Waals surface area contributed by atoms with Gasteiger partial charge in [-0.2, -0.15) is 23.3 Å². The average molecular weight is 541 g/mol. The van der Waals surface area contributed by atoms with E-state index >= 15 is 0 Å². The molecule has 2 heterocycles. The lowest BCUT2D eigenvalue weighted by molar-refractivity contribution is -0.137. The Hall–Kier alpha value is -3.43. The maximum absolute atomic E-state index is 13.0. The van der Waals surface area contributed by atoms with Crippen LogP contribution in [0.1, 0.15) is 80.5 Å². The van der Waals surface area contributed by atoms with Crippen molar-refractivity contribution in [2.75, 3.05) is 17.3 Å². The van der Waals surface area contributed by atoms with E-state index in [1.807, 2.05) is 13.1 Å². The number of carbonyl (C=O) groups is 1. The second kappa shape index (κ2) is 11.8. The smallest absolute Gasteiger partial charge is 0.341 e. The molecule has 10 heteroatoms. The van der Waals surface area contributed by atoms with Crippen LogP contribution in [0.5, 0.6) is 0 Å². The first kappa shape index (κ1) is 27.1. The van der Waals surface area contributed by atoms with Crippen LogP contribution >= 0.6 is 0 Å². The number of hydrogen-bond acceptors (Lipinski definition) is 6. The summed E-state index contributed by atoms with van der Waals surface area (Å²) in [5.74, 6) is 2.87. The van der Waals surface area contributed by atoms with Crippen LogP contribution in [0.4, 0.5) is 30.8 Å². The molecule has 39 heavy (non-hydrogen) atoms. The molecule has 3 aromatic rings. The van der Waals surface area contributed by atoms with Crippen LogP contribution in [0.3, 0.4) is 0 Å². The Kier molecular flexibility index (Phi) is 8.18. The van der Waals surface area contributed by atoms with Crippen LogP contribution in [0.2, 0.25) is 0 Å². The van der Waals surface area contributed by atoms with Crippen molar-refractivity contribution < 1.29 is 18.0 Å². The van der Waals surface area contributed by atoms with Gasteiger partial charge >= 0.3 is 6.18 Å². The molecule has 2 N–H and O–H groups in total. The minimum atomic E-state index is -4.40. The van der Waals surface area contributed by atoms with Gasteiger partial charge in [-0.15, -0.1) is 0 Å². The summed E-state index contributed by atoms with van der Waals surface area (Å²) in [5.41, 5.74) is 0.876. The van der Waals surface area contributed by atoms with Gasteiger partial charge in [-0.3, -0.25) is 9.89 Å². The molecule has 0 aliphatic heterocycles. The number of aromatic amines is 1. The summed E-state index contributed by atoms with van der Waals surface area (Å²) in [7, 11) is 2.00. The third kappa shape index (κ3) is 6.96. The van der Waals surface area contributed by atoms with Gasteiger partial charge in [-0.1, -0.05) is 31.0 Å². The van der Waals surface area contributed by atoms with Crippen molar-refractivity contribution in [1.29, 1.82) is 0 Å². The van der Waals surface area contributed by atoms with Crippen molar-refractivity contribution in [3.8, 4) is 0 Å². The molecular formula is C29H35F3N6O. The van der Waals surface area contributed by atoms with E-state index in [1.54, 1.807) is 12.3 Å². The predicted octanol–water partition coefficient (Wildman–Crippen LogP) is 6.82. The minimum absolute atomic E-state index is 0.0114. The van der Waals surface area contributed by atoms with Gasteiger partial charge in [-0.05, 0) is 62.1 Å². The summed E-state index contributed by atoms with van der Waals surface area (Å²) in [6.07, 6.45) is 6.31. The number of benzene rings is 1. The van der Waals surface area contributed by atoms with Crippen LogP contribution in [0.25, 0.3) is 0 Å². The molecule has 5 rings (SSSR count). The van der Waals surface area contributed by atoms with Gasteiger partial charge in [0, 0.05) is 49.8 Å². The highest BCUT2D eigenvalue weighted by molar-refractivity contribution is 5.81. The zero-order chi connectivity index (χ0) is 27.4. The molecule has 0 spiro atoms. The Labute approximate surface area is 226 Å². The lowest BCUT2D eigenvalue weighted by Crippen LogP contribution is -2.36. The molecule has 0 saturated heterocycles. The highest BCUT2D eigenvalue weighted by Gasteiger charge is 2.31. The van der Waals surface area contributed by atoms with Gasteiger partial charge < -0.3 is 10.2 Å². The van der Waals surface area contributed by atoms with Crippen molar-refractivity contribution >= 4 is 23.4 Å². The molecule has 0 bridgehead atoms. The number of nitrogens with zero attached hydrogens (tertiary/aromatic N) is 4. The predicted molar refractivity (Wildman–Crippen MR) is 144 cm³/mol. The van der Waals surface area contributed by atoms with Gasteiger partial charge in [0.1, 0.15) is 11.6 Å². The number of halogens is 3. The number of aromatic nitrogens is 4. The second-order valence-electron chi connectivity index (χ2n) is 11.0. The molecule has 0 radical (unpaired) electrons. The number of Topliss-reactive ketones (excluding diaryl/α,β-unsaturated/α-hetero) is 1. The number of hydrogen-bond donors (Lipinski definition) is 2. The molecule has 0 atom stereocenters. The van der Waals surface area contributed by atoms with E-state index in [0.717, 1.165) is 43.6 Å². The van der Waals surface area contributed by atoms with Crippen molar-refractivity contribution in [3.63, 3.8) is 0 Å². The molecule has 2 aliphatic carbocycles. The van der Waals surface area contributed by atoms with Gasteiger partial charge in [0.25, 0.3) is 0 Å². The maximum atomic E-state index is 13.0. The first-order chi connectivity index (χ1) is 18.7. The summed E-state index contributed by atoms with van der Waals surface area (Å²) >= 11 is 0. The molecule has 7 nitrogen and oxygen atoms in total. The van der Waals surface area contributed by atoms with Crippen LogP contribution in [0.15, 0.2) is 42.6 Å². The number of ketones is 1. The van der Waals surface area contributed by atoms with Crippen molar-refractivity contribution in [3.05, 3.63) is 59.4 Å². The van der Waals surface area contributed by atoms with E-state index in [0.29, 0.717) is 29.7 Å². The number of H-pyrrole nitrogens is 1. The second-order valence-corrected chi connectivity index (χ2v) is 11.0. The third-order valence-electron chi connectivity index (χ3n) is 8.14. The molecule has 2 aromatic heterocycles. The van der Waals surface area contributed by atoms with Crippen LogP contribution in [0, 0.1) is 5.92 Å². The fourth-order valence-corrected chi connectivity index (χ4v) is 5.94. The van der Waals surface area contributed by atoms with E-state index in [-0.39, 0.29) is 24.2 Å². The third-order valence-corrected chi connectivity index (χ3v) is 8.14. The highest BCUT2D eigenvalue weighted by Crippen LogP contribution is 2.35. The van der Waals surface area contributed by atoms with Crippen molar-refractivity contribution in [2.24, 2.45) is 5.92 Å². The normalized spacial score (nSPS) is 20.2. The van der Waals surface area contributed by atoms with Gasteiger partial charge in [0.05, 0.1) is 5.56 Å². The summed E-state index contributed by atoms with van der Waals surface area (Å²) in [4.78, 5) is 23.9. The van der Waals surface area contributed by atoms with E-state index in [2.05, 4.69) is 31.5 Å². The quantitative estimate of drug-likeness (QED) is 0.310. The molecule has 0 unspecified atom stereocenters. The molecule has 2 saturated carbocycles. The van der Waals surface area contributed by atoms with E-state index in [9.17, 15) is 18.0 Å². The van der Waals surface area contributed by atoms with E-state index in [1.165, 1.54) is 37.4 Å². The zero-order valence-corrected chi connectivity index (χ0v) is 22.2. The zero-order valence-electron chi connectivity index (χ0n) is 22.2. The largest absolute Gasteiger partial charge is 0.416 e. The molecular weight excluding hydrogens is 505 g/mol. The summed E-state index contributed by atoms with van der Waals surface area (Å²) in [5, 5.41) is 10.9. The molecule has 2 fully saturated rings. The Bertz CT molecular complexity index is 1260. The van der Waals surface area contributed by atoms with Gasteiger partial charge in [0.2, 0.25) is 5.95 Å². The Morgan fingerprint density at radius 1 is 1.05 bits per heavy atom. The summed E-state index contributed by atoms with van der Waals surface area (Å²) in [6.45, 7) is 0. The van der Waals surface area contributed by atoms with E-state index < -0.39 is 11.7 Å². The molecule has 208 valence electrons. The Morgan fingerprint density at radius 2 is 1.82 bits per heavy atom. The first-order valence-electron chi connectivity index (χ1n) is 13.8. The maximum Gasteiger partial charge on any atom is 0.416 e. The fourth-order valence-electron chi connectivity index (χ4n) is 5.94. The van der Waals surface area contributed by atoms with Crippen LogP contribution in [-0.2, 0) is 17.4 Å². The van der Waals surface area contributed by atoms with Gasteiger partial charge in [0.15, 0.2) is 5.82 Å². The first-order valence-corrected chi connectivity index (χ1v) is 13.8. The SMILES string of the molecule is CN(c1nccc(Nc2cc(C3CCCC3)[nH]n2)n1)C1CCC(CC(=O)Cc2cccc(C(F)(F)F)c2)CC1. The topological polar surface area (TPSA) is 86.8 Å². The molecule has 1 aromatic carbocycles. The number of anilines is 3. The van der Waals surface area contributed by atoms with Crippen molar-refractivity contribution in [1.82, 2.24) is 20.2 Å². The lowest BCUT2D eigenvalue weighted by Gasteiger charge is -2.34. The number of rotatable bonds is 9. The lowest BCUT2D eigenvalue weighted by atomic mass is 9.82. The Balaban J connectivity index is 1.11. The Morgan fingerprint density at radius 3 is 2.56 bits per heavy atom.